The van der Waals surface area contributed by atoms with Gasteiger partial charge >= 0.3 is 0 Å². The molecular weight excluding hydrogens is 254 g/mol. The molecule has 1 fully saturated rings. The van der Waals surface area contributed by atoms with Gasteiger partial charge in [0.25, 0.3) is 0 Å². The van der Waals surface area contributed by atoms with Crippen molar-refractivity contribution in [1.82, 2.24) is 25.1 Å². The van der Waals surface area contributed by atoms with Crippen LogP contribution in [0, 0.1) is 0 Å². The van der Waals surface area contributed by atoms with Gasteiger partial charge in [0, 0.05) is 12.2 Å². The third-order valence-electron chi connectivity index (χ3n) is 3.02. The standard InChI is InChI=1S/C10H13N5O2S/c16-18(17)5-3-8(7-18)11-6-10-14-13-9-2-1-4-12-15(9)10/h1-2,4,8,11H,3,5-7H2. The summed E-state index contributed by atoms with van der Waals surface area (Å²) in [5.74, 6) is 1.16. The summed E-state index contributed by atoms with van der Waals surface area (Å²) in [5.41, 5.74) is 0.688. The Morgan fingerprint density at radius 1 is 1.44 bits per heavy atom. The van der Waals surface area contributed by atoms with Crippen LogP contribution in [0.4, 0.5) is 0 Å². The molecule has 0 aromatic carbocycles. The summed E-state index contributed by atoms with van der Waals surface area (Å²) in [6, 6.07) is 3.62. The Labute approximate surface area is 104 Å². The highest BCUT2D eigenvalue weighted by molar-refractivity contribution is 7.91. The minimum absolute atomic E-state index is 0.00561. The predicted octanol–water partition coefficient (Wildman–Crippen LogP) is -0.599. The van der Waals surface area contributed by atoms with Gasteiger partial charge in [0.2, 0.25) is 0 Å². The molecule has 2 aromatic rings. The smallest absolute Gasteiger partial charge is 0.177 e. The first-order valence-electron chi connectivity index (χ1n) is 5.73. The van der Waals surface area contributed by atoms with Crippen LogP contribution in [0.1, 0.15) is 12.2 Å². The monoisotopic (exact) mass is 267 g/mol. The van der Waals surface area contributed by atoms with Crippen molar-refractivity contribution in [3.8, 4) is 0 Å². The normalized spacial score (nSPS) is 22.6. The molecule has 1 N–H and O–H groups in total. The third-order valence-corrected chi connectivity index (χ3v) is 4.79. The Morgan fingerprint density at radius 2 is 2.33 bits per heavy atom. The van der Waals surface area contributed by atoms with Gasteiger partial charge in [-0.3, -0.25) is 0 Å². The molecule has 1 atom stereocenters. The summed E-state index contributed by atoms with van der Waals surface area (Å²) in [6.45, 7) is 0.471. The van der Waals surface area contributed by atoms with Gasteiger partial charge in [-0.25, -0.2) is 8.42 Å². The Morgan fingerprint density at radius 3 is 3.11 bits per heavy atom. The summed E-state index contributed by atoms with van der Waals surface area (Å²) in [7, 11) is -2.85. The van der Waals surface area contributed by atoms with Crippen molar-refractivity contribution in [2.24, 2.45) is 0 Å². The molecule has 0 radical (unpaired) electrons. The van der Waals surface area contributed by atoms with E-state index in [4.69, 9.17) is 0 Å². The lowest BCUT2D eigenvalue weighted by atomic mass is 10.2. The number of nitrogens with zero attached hydrogens (tertiary/aromatic N) is 4. The number of aromatic nitrogens is 4. The zero-order valence-corrected chi connectivity index (χ0v) is 10.5. The number of fused-ring (bicyclic) bond motifs is 1. The van der Waals surface area contributed by atoms with Crippen LogP contribution in [-0.4, -0.2) is 45.8 Å². The van der Waals surface area contributed by atoms with Crippen LogP contribution in [0.3, 0.4) is 0 Å². The zero-order valence-electron chi connectivity index (χ0n) is 9.65. The Balaban J connectivity index is 1.71. The number of sulfone groups is 1. The van der Waals surface area contributed by atoms with Crippen molar-refractivity contribution in [3.63, 3.8) is 0 Å². The predicted molar refractivity (Wildman–Crippen MR) is 64.7 cm³/mol. The van der Waals surface area contributed by atoms with Crippen molar-refractivity contribution in [2.75, 3.05) is 11.5 Å². The van der Waals surface area contributed by atoms with E-state index < -0.39 is 9.84 Å². The average molecular weight is 267 g/mol. The summed E-state index contributed by atoms with van der Waals surface area (Å²) < 4.78 is 24.3. The van der Waals surface area contributed by atoms with Crippen LogP contribution in [0.15, 0.2) is 18.3 Å². The van der Waals surface area contributed by atoms with Crippen molar-refractivity contribution >= 4 is 15.5 Å². The minimum Gasteiger partial charge on any atom is -0.306 e. The quantitative estimate of drug-likeness (QED) is 0.799. The molecule has 7 nitrogen and oxygen atoms in total. The molecule has 3 rings (SSSR count). The maximum absolute atomic E-state index is 11.3. The fourth-order valence-electron chi connectivity index (χ4n) is 2.09. The van der Waals surface area contributed by atoms with Gasteiger partial charge in [-0.05, 0) is 18.6 Å². The topological polar surface area (TPSA) is 89.2 Å². The lowest BCUT2D eigenvalue weighted by Crippen LogP contribution is -2.30. The second-order valence-corrected chi connectivity index (χ2v) is 6.62. The molecule has 96 valence electrons. The molecule has 1 saturated heterocycles. The molecule has 3 heterocycles. The molecule has 2 aromatic heterocycles. The SMILES string of the molecule is O=S1(=O)CCC(NCc2nnc3cccnn23)C1. The van der Waals surface area contributed by atoms with E-state index in [1.165, 1.54) is 0 Å². The molecule has 1 unspecified atom stereocenters. The van der Waals surface area contributed by atoms with Gasteiger partial charge < -0.3 is 5.32 Å². The van der Waals surface area contributed by atoms with Crippen LogP contribution in [0.5, 0.6) is 0 Å². The number of rotatable bonds is 3. The summed E-state index contributed by atoms with van der Waals surface area (Å²) >= 11 is 0. The Kier molecular flexibility index (Phi) is 2.75. The second kappa shape index (κ2) is 4.29. The van der Waals surface area contributed by atoms with E-state index in [0.717, 1.165) is 0 Å². The molecule has 0 spiro atoms. The molecule has 8 heteroatoms. The molecule has 0 bridgehead atoms. The van der Waals surface area contributed by atoms with Gasteiger partial charge in [0.05, 0.1) is 18.1 Å². The molecule has 1 aliphatic rings. The van der Waals surface area contributed by atoms with E-state index in [2.05, 4.69) is 20.6 Å². The fraction of sp³-hybridized carbons (Fsp3) is 0.500. The summed E-state index contributed by atoms with van der Waals surface area (Å²) in [5, 5.41) is 15.4. The Hall–Kier alpha value is -1.54. The van der Waals surface area contributed by atoms with Crippen LogP contribution in [0.25, 0.3) is 5.65 Å². The van der Waals surface area contributed by atoms with Gasteiger partial charge in [-0.2, -0.15) is 9.61 Å². The highest BCUT2D eigenvalue weighted by atomic mass is 32.2. The van der Waals surface area contributed by atoms with Crippen LogP contribution in [-0.2, 0) is 16.4 Å². The molecule has 0 saturated carbocycles. The molecular formula is C10H13N5O2S. The average Bonchev–Trinajstić information content (AvgIpc) is 2.90. The van der Waals surface area contributed by atoms with E-state index in [1.807, 2.05) is 6.07 Å². The van der Waals surface area contributed by atoms with E-state index in [9.17, 15) is 8.42 Å². The molecule has 0 aliphatic carbocycles. The largest absolute Gasteiger partial charge is 0.306 e. The molecule has 1 aliphatic heterocycles. The lowest BCUT2D eigenvalue weighted by Gasteiger charge is -2.08. The van der Waals surface area contributed by atoms with Gasteiger partial charge in [0.15, 0.2) is 21.3 Å². The van der Waals surface area contributed by atoms with Gasteiger partial charge in [-0.15, -0.1) is 10.2 Å². The number of hydrogen-bond acceptors (Lipinski definition) is 6. The van der Waals surface area contributed by atoms with Crippen LogP contribution >= 0.6 is 0 Å². The van der Waals surface area contributed by atoms with Crippen molar-refractivity contribution in [1.29, 1.82) is 0 Å². The lowest BCUT2D eigenvalue weighted by molar-refractivity contribution is 0.535. The Bertz CT molecular complexity index is 666. The maximum Gasteiger partial charge on any atom is 0.177 e. The van der Waals surface area contributed by atoms with E-state index in [-0.39, 0.29) is 17.5 Å². The van der Waals surface area contributed by atoms with Crippen molar-refractivity contribution in [3.05, 3.63) is 24.2 Å². The summed E-state index contributed by atoms with van der Waals surface area (Å²) in [4.78, 5) is 0. The van der Waals surface area contributed by atoms with Crippen LogP contribution < -0.4 is 5.32 Å². The third kappa shape index (κ3) is 2.21. The van der Waals surface area contributed by atoms with E-state index in [1.54, 1.807) is 16.8 Å². The second-order valence-electron chi connectivity index (χ2n) is 4.39. The van der Waals surface area contributed by atoms with Crippen molar-refractivity contribution < 1.29 is 8.42 Å². The summed E-state index contributed by atoms with van der Waals surface area (Å²) in [6.07, 6.45) is 2.33. The zero-order chi connectivity index (χ0) is 12.6. The van der Waals surface area contributed by atoms with E-state index >= 15 is 0 Å². The minimum atomic E-state index is -2.85. The fourth-order valence-corrected chi connectivity index (χ4v) is 3.80. The molecule has 0 amide bonds. The number of nitrogens with one attached hydrogen (secondary N) is 1. The molecule has 18 heavy (non-hydrogen) atoms. The van der Waals surface area contributed by atoms with Gasteiger partial charge in [-0.1, -0.05) is 0 Å². The first-order valence-corrected chi connectivity index (χ1v) is 7.55. The van der Waals surface area contributed by atoms with Gasteiger partial charge in [0.1, 0.15) is 0 Å². The van der Waals surface area contributed by atoms with Crippen molar-refractivity contribution in [2.45, 2.75) is 19.0 Å². The maximum atomic E-state index is 11.3. The van der Waals surface area contributed by atoms with Crippen LogP contribution in [0.2, 0.25) is 0 Å². The first-order chi connectivity index (χ1) is 8.64. The van der Waals surface area contributed by atoms with E-state index in [0.29, 0.717) is 24.4 Å². The first kappa shape index (κ1) is 11.5. The highest BCUT2D eigenvalue weighted by Gasteiger charge is 2.27. The highest BCUT2D eigenvalue weighted by Crippen LogP contribution is 2.11. The number of hydrogen-bond donors (Lipinski definition) is 1.